The Morgan fingerprint density at radius 2 is 1.97 bits per heavy atom. The van der Waals surface area contributed by atoms with Crippen LogP contribution >= 0.6 is 0 Å². The molecule has 0 saturated heterocycles. The average molecular weight is 515 g/mol. The van der Waals surface area contributed by atoms with Gasteiger partial charge in [-0.2, -0.15) is 5.26 Å². The molecule has 194 valence electrons. The van der Waals surface area contributed by atoms with Crippen LogP contribution in [0.15, 0.2) is 36.4 Å². The van der Waals surface area contributed by atoms with Crippen LogP contribution in [0.1, 0.15) is 54.0 Å². The molecule has 2 amide bonds. The molecule has 0 spiro atoms. The number of aliphatic hydroxyl groups is 2. The Kier molecular flexibility index (Phi) is 8.71. The highest BCUT2D eigenvalue weighted by molar-refractivity contribution is 7.88. The van der Waals surface area contributed by atoms with Crippen LogP contribution in [-0.2, 0) is 28.7 Å². The largest absolute Gasteiger partial charge is 0.394 e. The molecule has 2 unspecified atom stereocenters. The van der Waals surface area contributed by atoms with Crippen LogP contribution in [0, 0.1) is 18.3 Å². The molecule has 1 fully saturated rings. The summed E-state index contributed by atoms with van der Waals surface area (Å²) in [5.74, 6) is -0.246. The second-order valence-electron chi connectivity index (χ2n) is 9.83. The number of nitriles is 1. The van der Waals surface area contributed by atoms with E-state index < -0.39 is 33.0 Å². The van der Waals surface area contributed by atoms with Gasteiger partial charge in [0.2, 0.25) is 6.41 Å². The Bertz CT molecular complexity index is 1150. The number of hydrogen-bond donors (Lipinski definition) is 3. The molecule has 1 aliphatic carbocycles. The van der Waals surface area contributed by atoms with Gasteiger partial charge in [-0.1, -0.05) is 12.1 Å². The monoisotopic (exact) mass is 514 g/mol. The van der Waals surface area contributed by atoms with Crippen molar-refractivity contribution in [1.29, 1.82) is 5.26 Å². The first-order chi connectivity index (χ1) is 17.1. The molecule has 0 radical (unpaired) electrons. The lowest BCUT2D eigenvalue weighted by Crippen LogP contribution is -2.50. The summed E-state index contributed by atoms with van der Waals surface area (Å²) in [6, 6.07) is 12.6. The van der Waals surface area contributed by atoms with Crippen LogP contribution in [-0.4, -0.2) is 71.5 Å². The van der Waals surface area contributed by atoms with Gasteiger partial charge in [0, 0.05) is 42.7 Å². The maximum Gasteiger partial charge on any atom is 0.268 e. The van der Waals surface area contributed by atoms with Gasteiger partial charge in [-0.3, -0.25) is 13.8 Å². The summed E-state index contributed by atoms with van der Waals surface area (Å²) in [5.41, 5.74) is 2.78. The summed E-state index contributed by atoms with van der Waals surface area (Å²) in [4.78, 5) is 26.3. The van der Waals surface area contributed by atoms with Gasteiger partial charge in [0.25, 0.3) is 5.91 Å². The van der Waals surface area contributed by atoms with Gasteiger partial charge < -0.3 is 25.0 Å². The number of aliphatic hydroxyl groups excluding tert-OH is 2. The zero-order valence-electron chi connectivity index (χ0n) is 20.9. The summed E-state index contributed by atoms with van der Waals surface area (Å²) in [5, 5.41) is 31.3. The SMILES string of the molecule is Cc1ccc(C(=O)NCc2ccc(C#N)cc2)n1CCN(C=O)CC1(S(=O)C(C)(C)C(O)CO)CC1. The standard InChI is InChI=1S/C26H34N4O5S/c1-19-4-9-22(24(34)28-15-21-7-5-20(14-27)6-8-21)30(19)13-12-29(18-32)17-26(10-11-26)36(35)25(2,3)23(33)16-31/h4-9,18,23,31,33H,10-13,15-17H2,1-3H3,(H,28,34). The van der Waals surface area contributed by atoms with Gasteiger partial charge in [-0.25, -0.2) is 0 Å². The molecule has 3 rings (SSSR count). The number of nitrogens with one attached hydrogen (secondary N) is 1. The Labute approximate surface area is 214 Å². The number of aromatic nitrogens is 1. The van der Waals surface area contributed by atoms with Crippen molar-refractivity contribution < 1.29 is 24.0 Å². The number of carbonyl (C=O) groups excluding carboxylic acids is 2. The van der Waals surface area contributed by atoms with Crippen LogP contribution in [0.3, 0.4) is 0 Å². The molecule has 10 heteroatoms. The van der Waals surface area contributed by atoms with Crippen molar-refractivity contribution in [2.75, 3.05) is 19.7 Å². The van der Waals surface area contributed by atoms with E-state index in [0.717, 1.165) is 17.7 Å². The van der Waals surface area contributed by atoms with E-state index in [4.69, 9.17) is 5.26 Å². The van der Waals surface area contributed by atoms with Gasteiger partial charge in [0.15, 0.2) is 0 Å². The summed E-state index contributed by atoms with van der Waals surface area (Å²) >= 11 is 0. The van der Waals surface area contributed by atoms with Crippen molar-refractivity contribution in [1.82, 2.24) is 14.8 Å². The van der Waals surface area contributed by atoms with Crippen LogP contribution < -0.4 is 5.32 Å². The summed E-state index contributed by atoms with van der Waals surface area (Å²) in [7, 11) is -1.46. The molecule has 1 aromatic carbocycles. The molecule has 1 heterocycles. The Balaban J connectivity index is 1.63. The number of nitrogens with zero attached hydrogens (tertiary/aromatic N) is 3. The smallest absolute Gasteiger partial charge is 0.268 e. The number of hydrogen-bond acceptors (Lipinski definition) is 6. The number of benzene rings is 1. The number of carbonyl (C=O) groups is 2. The van der Waals surface area contributed by atoms with E-state index in [9.17, 15) is 24.0 Å². The van der Waals surface area contributed by atoms with Gasteiger partial charge in [-0.05, 0) is 63.4 Å². The molecule has 2 atom stereocenters. The van der Waals surface area contributed by atoms with Crippen LogP contribution in [0.25, 0.3) is 0 Å². The molecule has 1 aromatic heterocycles. The quantitative estimate of drug-likeness (QED) is 0.347. The highest BCUT2D eigenvalue weighted by atomic mass is 32.2. The zero-order chi connectivity index (χ0) is 26.5. The summed E-state index contributed by atoms with van der Waals surface area (Å²) in [6.07, 6.45) is 0.970. The van der Waals surface area contributed by atoms with Crippen molar-refractivity contribution >= 4 is 23.1 Å². The maximum atomic E-state index is 13.3. The predicted octanol–water partition coefficient (Wildman–Crippen LogP) is 1.47. The predicted molar refractivity (Wildman–Crippen MR) is 136 cm³/mol. The lowest BCUT2D eigenvalue weighted by atomic mass is 10.1. The van der Waals surface area contributed by atoms with E-state index in [2.05, 4.69) is 11.4 Å². The molecule has 0 aliphatic heterocycles. The lowest BCUT2D eigenvalue weighted by Gasteiger charge is -2.34. The summed E-state index contributed by atoms with van der Waals surface area (Å²) in [6.45, 7) is 6.07. The zero-order valence-corrected chi connectivity index (χ0v) is 21.8. The van der Waals surface area contributed by atoms with Gasteiger partial charge in [0.1, 0.15) is 5.69 Å². The molecule has 0 bridgehead atoms. The second-order valence-corrected chi connectivity index (χ2v) is 12.3. The summed E-state index contributed by atoms with van der Waals surface area (Å²) < 4.78 is 13.5. The first kappa shape index (κ1) is 27.6. The van der Waals surface area contributed by atoms with E-state index in [1.165, 1.54) is 0 Å². The first-order valence-corrected chi connectivity index (χ1v) is 13.1. The van der Waals surface area contributed by atoms with Crippen LogP contribution in [0.5, 0.6) is 0 Å². The van der Waals surface area contributed by atoms with E-state index >= 15 is 0 Å². The molecule has 1 saturated carbocycles. The van der Waals surface area contributed by atoms with E-state index in [-0.39, 0.29) is 12.5 Å². The molecule has 1 aliphatic rings. The lowest BCUT2D eigenvalue weighted by molar-refractivity contribution is -0.118. The Morgan fingerprint density at radius 1 is 1.31 bits per heavy atom. The normalized spacial score (nSPS) is 16.0. The van der Waals surface area contributed by atoms with E-state index in [1.807, 2.05) is 17.6 Å². The fraction of sp³-hybridized carbons (Fsp3) is 0.500. The second kappa shape index (κ2) is 11.4. The number of rotatable bonds is 13. The minimum Gasteiger partial charge on any atom is -0.394 e. The Hall–Kier alpha value is -3.00. The fourth-order valence-corrected chi connectivity index (χ4v) is 6.44. The van der Waals surface area contributed by atoms with Crippen LogP contribution in [0.2, 0.25) is 0 Å². The minimum absolute atomic E-state index is 0.246. The molecular weight excluding hydrogens is 480 g/mol. The highest BCUT2D eigenvalue weighted by Gasteiger charge is 2.55. The van der Waals surface area contributed by atoms with Gasteiger partial charge >= 0.3 is 0 Å². The Morgan fingerprint density at radius 3 is 2.53 bits per heavy atom. The van der Waals surface area contributed by atoms with Crippen molar-refractivity contribution in [2.24, 2.45) is 0 Å². The van der Waals surface area contributed by atoms with Gasteiger partial charge in [0.05, 0.1) is 33.8 Å². The fourth-order valence-electron chi connectivity index (χ4n) is 4.25. The third-order valence-corrected chi connectivity index (χ3v) is 9.42. The average Bonchev–Trinajstić information content (AvgIpc) is 3.58. The van der Waals surface area contributed by atoms with E-state index in [1.54, 1.807) is 49.1 Å². The maximum absolute atomic E-state index is 13.3. The van der Waals surface area contributed by atoms with Crippen molar-refractivity contribution in [3.63, 3.8) is 0 Å². The highest BCUT2D eigenvalue weighted by Crippen LogP contribution is 2.46. The number of aryl methyl sites for hydroxylation is 1. The third-order valence-electron chi connectivity index (χ3n) is 6.87. The molecule has 2 aromatic rings. The molecule has 36 heavy (non-hydrogen) atoms. The number of amides is 2. The van der Waals surface area contributed by atoms with Crippen molar-refractivity contribution in [2.45, 2.75) is 62.3 Å². The van der Waals surface area contributed by atoms with Gasteiger partial charge in [-0.15, -0.1) is 0 Å². The minimum atomic E-state index is -1.46. The third kappa shape index (κ3) is 6.03. The van der Waals surface area contributed by atoms with Crippen molar-refractivity contribution in [3.05, 3.63) is 58.9 Å². The van der Waals surface area contributed by atoms with Crippen molar-refractivity contribution in [3.8, 4) is 6.07 Å². The van der Waals surface area contributed by atoms with Crippen LogP contribution in [0.4, 0.5) is 0 Å². The van der Waals surface area contributed by atoms with E-state index in [0.29, 0.717) is 43.7 Å². The molecule has 3 N–H and O–H groups in total. The molecular formula is C26H34N4O5S. The first-order valence-electron chi connectivity index (χ1n) is 11.9. The molecule has 9 nitrogen and oxygen atoms in total. The topological polar surface area (TPSA) is 136 Å².